The molecule has 5 aliphatic carbocycles. The number of ketones is 1. The summed E-state index contributed by atoms with van der Waals surface area (Å²) in [5.41, 5.74) is -1.96. The lowest BCUT2D eigenvalue weighted by Crippen LogP contribution is -2.83. The SMILES string of the molecule is C=C1C(=O)[C@]23[C@H](OC(=O)C4CCCCC4)[C@H]1CC[C@H]2[C@]12C=CCC(C)(C)[C@H]1[C@H](O)[C@]3(O)OC2. The molecule has 180 valence electrons. The minimum absolute atomic E-state index is 0.168. The Morgan fingerprint density at radius 1 is 1.18 bits per heavy atom. The molecule has 0 unspecified atom stereocenters. The molecule has 2 heterocycles. The lowest BCUT2D eigenvalue weighted by Gasteiger charge is -2.72. The van der Waals surface area contributed by atoms with E-state index in [1.807, 2.05) is 0 Å². The van der Waals surface area contributed by atoms with E-state index in [2.05, 4.69) is 32.6 Å². The third-order valence-corrected chi connectivity index (χ3v) is 10.4. The van der Waals surface area contributed by atoms with Crippen LogP contribution >= 0.6 is 0 Å². The minimum Gasteiger partial charge on any atom is -0.460 e. The van der Waals surface area contributed by atoms with Gasteiger partial charge < -0.3 is 19.7 Å². The van der Waals surface area contributed by atoms with Crippen LogP contribution < -0.4 is 0 Å². The van der Waals surface area contributed by atoms with Crippen LogP contribution in [0.4, 0.5) is 0 Å². The molecule has 0 amide bonds. The van der Waals surface area contributed by atoms with Gasteiger partial charge in [0.1, 0.15) is 17.6 Å². The van der Waals surface area contributed by atoms with Gasteiger partial charge in [-0.15, -0.1) is 0 Å². The molecule has 6 heteroatoms. The van der Waals surface area contributed by atoms with Crippen molar-refractivity contribution in [3.05, 3.63) is 24.3 Å². The van der Waals surface area contributed by atoms with Crippen molar-refractivity contribution in [2.24, 2.45) is 39.9 Å². The summed E-state index contributed by atoms with van der Waals surface area (Å²) in [6.07, 6.45) is 9.09. The van der Waals surface area contributed by atoms with E-state index in [9.17, 15) is 19.8 Å². The predicted octanol–water partition coefficient (Wildman–Crippen LogP) is 3.31. The highest BCUT2D eigenvalue weighted by molar-refractivity contribution is 6.05. The highest BCUT2D eigenvalue weighted by Crippen LogP contribution is 2.75. The van der Waals surface area contributed by atoms with E-state index >= 15 is 0 Å². The summed E-state index contributed by atoms with van der Waals surface area (Å²) in [6, 6.07) is 0. The van der Waals surface area contributed by atoms with Crippen LogP contribution in [0.3, 0.4) is 0 Å². The molecule has 0 radical (unpaired) electrons. The molecular weight excluding hydrogens is 420 g/mol. The fraction of sp³-hybridized carbons (Fsp3) is 0.778. The molecule has 0 aromatic carbocycles. The first-order valence-electron chi connectivity index (χ1n) is 12.8. The maximum Gasteiger partial charge on any atom is 0.309 e. The van der Waals surface area contributed by atoms with Gasteiger partial charge in [0.15, 0.2) is 5.78 Å². The van der Waals surface area contributed by atoms with E-state index in [-0.39, 0.29) is 47.4 Å². The van der Waals surface area contributed by atoms with Crippen LogP contribution in [0.1, 0.15) is 65.2 Å². The Kier molecular flexibility index (Phi) is 4.53. The largest absolute Gasteiger partial charge is 0.460 e. The van der Waals surface area contributed by atoms with Crippen molar-refractivity contribution in [3.8, 4) is 0 Å². The number of Topliss-reactive ketones (excluding diaryl/α,β-unsaturated/α-hetero) is 1. The summed E-state index contributed by atoms with van der Waals surface area (Å²) in [4.78, 5) is 27.3. The highest BCUT2D eigenvalue weighted by atomic mass is 16.6. The second-order valence-corrected chi connectivity index (χ2v) is 12.3. The number of rotatable bonds is 2. The predicted molar refractivity (Wildman–Crippen MR) is 120 cm³/mol. The normalized spacial score (nSPS) is 50.1. The molecule has 2 saturated heterocycles. The van der Waals surface area contributed by atoms with Gasteiger partial charge in [-0.3, -0.25) is 9.59 Å². The van der Waals surface area contributed by atoms with Gasteiger partial charge in [0.2, 0.25) is 5.79 Å². The molecule has 0 aromatic heterocycles. The van der Waals surface area contributed by atoms with Crippen molar-refractivity contribution in [1.29, 1.82) is 0 Å². The third-order valence-electron chi connectivity index (χ3n) is 10.4. The number of aliphatic hydroxyl groups is 2. The average molecular weight is 457 g/mol. The molecule has 6 nitrogen and oxygen atoms in total. The minimum atomic E-state index is -2.10. The number of allylic oxidation sites excluding steroid dienone is 1. The summed E-state index contributed by atoms with van der Waals surface area (Å²) in [5.74, 6) is -3.70. The van der Waals surface area contributed by atoms with Crippen LogP contribution in [-0.2, 0) is 19.1 Å². The van der Waals surface area contributed by atoms with Crippen molar-refractivity contribution in [2.45, 2.75) is 83.2 Å². The first kappa shape index (κ1) is 22.0. The topological polar surface area (TPSA) is 93.1 Å². The van der Waals surface area contributed by atoms with Crippen LogP contribution in [0.2, 0.25) is 0 Å². The molecule has 7 rings (SSSR count). The maximum atomic E-state index is 14.0. The van der Waals surface area contributed by atoms with Gasteiger partial charge in [-0.05, 0) is 49.0 Å². The molecule has 8 atom stereocenters. The molecular formula is C27H36O6. The standard InChI is InChI=1S/C27H36O6/c1-15-17-10-11-18-25-13-7-12-24(2,3)19(25)21(29)27(31,32-14-25)26(18,20(15)28)22(17)33-23(30)16-8-5-4-6-9-16/h7,13,16-19,21-22,29,31H,1,4-6,8-12,14H2,2-3H3/t17-,18-,19+,21-,22+,25+,26-,27-/m0/s1. The zero-order valence-corrected chi connectivity index (χ0v) is 19.7. The van der Waals surface area contributed by atoms with Gasteiger partial charge in [0.25, 0.3) is 0 Å². The van der Waals surface area contributed by atoms with E-state index in [4.69, 9.17) is 9.47 Å². The van der Waals surface area contributed by atoms with Crippen LogP contribution in [-0.4, -0.2) is 46.6 Å². The van der Waals surface area contributed by atoms with Crippen molar-refractivity contribution in [2.75, 3.05) is 6.61 Å². The number of carbonyl (C=O) groups excluding carboxylic acids is 2. The Morgan fingerprint density at radius 2 is 1.91 bits per heavy atom. The second-order valence-electron chi connectivity index (χ2n) is 12.3. The number of ether oxygens (including phenoxy) is 2. The van der Waals surface area contributed by atoms with Gasteiger partial charge in [-0.1, -0.05) is 51.8 Å². The Balaban J connectivity index is 1.49. The van der Waals surface area contributed by atoms with Gasteiger partial charge >= 0.3 is 5.97 Å². The highest BCUT2D eigenvalue weighted by Gasteiger charge is 2.86. The van der Waals surface area contributed by atoms with Crippen molar-refractivity contribution in [1.82, 2.24) is 0 Å². The van der Waals surface area contributed by atoms with Crippen molar-refractivity contribution < 1.29 is 29.3 Å². The van der Waals surface area contributed by atoms with E-state index in [0.29, 0.717) is 18.4 Å². The fourth-order valence-electron chi connectivity index (χ4n) is 9.11. The van der Waals surface area contributed by atoms with E-state index in [1.54, 1.807) is 0 Å². The molecule has 7 aliphatic rings. The first-order chi connectivity index (χ1) is 15.6. The number of aliphatic hydroxyl groups excluding tert-OH is 1. The summed E-state index contributed by atoms with van der Waals surface area (Å²) < 4.78 is 12.3. The van der Waals surface area contributed by atoms with Gasteiger partial charge in [-0.25, -0.2) is 0 Å². The summed E-state index contributed by atoms with van der Waals surface area (Å²) in [6.45, 7) is 8.58. The average Bonchev–Trinajstić information content (AvgIpc) is 2.90. The van der Waals surface area contributed by atoms with Crippen LogP contribution in [0.15, 0.2) is 24.3 Å². The van der Waals surface area contributed by atoms with Crippen LogP contribution in [0.5, 0.6) is 0 Å². The van der Waals surface area contributed by atoms with E-state index in [0.717, 1.165) is 38.5 Å². The Labute approximate surface area is 195 Å². The summed E-state index contributed by atoms with van der Waals surface area (Å²) >= 11 is 0. The molecule has 2 N–H and O–H groups in total. The quantitative estimate of drug-likeness (QED) is 0.376. The Morgan fingerprint density at radius 3 is 2.64 bits per heavy atom. The second kappa shape index (κ2) is 6.79. The number of carbonyl (C=O) groups is 2. The third kappa shape index (κ3) is 2.40. The number of hydrogen-bond acceptors (Lipinski definition) is 6. The van der Waals surface area contributed by atoms with Crippen LogP contribution in [0.25, 0.3) is 0 Å². The summed E-state index contributed by atoms with van der Waals surface area (Å²) in [5, 5.41) is 23.9. The number of fused-ring (bicyclic) bond motifs is 2. The number of hydrogen-bond donors (Lipinski definition) is 2. The molecule has 2 spiro atoms. The zero-order valence-electron chi connectivity index (χ0n) is 19.7. The van der Waals surface area contributed by atoms with Crippen molar-refractivity contribution >= 4 is 11.8 Å². The number of esters is 1. The van der Waals surface area contributed by atoms with E-state index in [1.165, 1.54) is 0 Å². The first-order valence-corrected chi connectivity index (χ1v) is 12.8. The molecule has 0 aromatic rings. The molecule has 6 fully saturated rings. The Bertz CT molecular complexity index is 946. The zero-order chi connectivity index (χ0) is 23.4. The van der Waals surface area contributed by atoms with E-state index < -0.39 is 28.8 Å². The van der Waals surface area contributed by atoms with Crippen LogP contribution in [0, 0.1) is 39.9 Å². The molecule has 2 aliphatic heterocycles. The smallest absolute Gasteiger partial charge is 0.309 e. The fourth-order valence-corrected chi connectivity index (χ4v) is 9.11. The lowest BCUT2D eigenvalue weighted by molar-refractivity contribution is -0.436. The summed E-state index contributed by atoms with van der Waals surface area (Å²) in [7, 11) is 0. The molecule has 4 bridgehead atoms. The molecule has 4 saturated carbocycles. The van der Waals surface area contributed by atoms with Gasteiger partial charge in [-0.2, -0.15) is 0 Å². The Hall–Kier alpha value is -1.50. The maximum absolute atomic E-state index is 14.0. The van der Waals surface area contributed by atoms with Gasteiger partial charge in [0.05, 0.1) is 12.5 Å². The van der Waals surface area contributed by atoms with Crippen molar-refractivity contribution in [3.63, 3.8) is 0 Å². The van der Waals surface area contributed by atoms with Gasteiger partial charge in [0, 0.05) is 17.3 Å². The lowest BCUT2D eigenvalue weighted by atomic mass is 9.37. The molecule has 33 heavy (non-hydrogen) atoms. The monoisotopic (exact) mass is 456 g/mol.